The molecule has 2 aromatic rings. The lowest BCUT2D eigenvalue weighted by Gasteiger charge is -2.15. The molecule has 0 aliphatic carbocycles. The van der Waals surface area contributed by atoms with Crippen molar-refractivity contribution in [3.8, 4) is 0 Å². The fourth-order valence-corrected chi connectivity index (χ4v) is 2.08. The summed E-state index contributed by atoms with van der Waals surface area (Å²) in [5.41, 5.74) is 9.44. The summed E-state index contributed by atoms with van der Waals surface area (Å²) in [5, 5.41) is 0. The normalized spacial score (nSPS) is 12.4. The van der Waals surface area contributed by atoms with Gasteiger partial charge in [0.15, 0.2) is 0 Å². The van der Waals surface area contributed by atoms with Gasteiger partial charge in [-0.25, -0.2) is 4.39 Å². The van der Waals surface area contributed by atoms with Gasteiger partial charge in [0, 0.05) is 5.92 Å². The predicted molar refractivity (Wildman–Crippen MR) is 73.1 cm³/mol. The van der Waals surface area contributed by atoms with Crippen molar-refractivity contribution in [2.45, 2.75) is 19.3 Å². The van der Waals surface area contributed by atoms with E-state index in [1.54, 1.807) is 0 Å². The number of hydrogen-bond donors (Lipinski definition) is 1. The summed E-state index contributed by atoms with van der Waals surface area (Å²) < 4.78 is 12.9. The molecule has 0 radical (unpaired) electrons. The van der Waals surface area contributed by atoms with Crippen molar-refractivity contribution in [2.75, 3.05) is 6.54 Å². The van der Waals surface area contributed by atoms with Gasteiger partial charge in [-0.05, 0) is 43.1 Å². The fourth-order valence-electron chi connectivity index (χ4n) is 2.08. The maximum absolute atomic E-state index is 12.9. The lowest BCUT2D eigenvalue weighted by Crippen LogP contribution is -2.15. The van der Waals surface area contributed by atoms with Crippen LogP contribution in [0.2, 0.25) is 0 Å². The van der Waals surface area contributed by atoms with Crippen molar-refractivity contribution in [2.24, 2.45) is 5.73 Å². The van der Waals surface area contributed by atoms with E-state index in [0.29, 0.717) is 6.54 Å². The SMILES string of the molecule is Cc1ccc(CC(CN)c2ccc(F)cc2)cc1. The quantitative estimate of drug-likeness (QED) is 0.874. The molecule has 2 aromatic carbocycles. The molecule has 0 bridgehead atoms. The Balaban J connectivity index is 2.14. The first kappa shape index (κ1) is 12.8. The summed E-state index contributed by atoms with van der Waals surface area (Å²) in [7, 11) is 0. The molecule has 2 heteroatoms. The molecular formula is C16H18FN. The molecule has 1 nitrogen and oxygen atoms in total. The molecule has 0 saturated heterocycles. The molecule has 0 saturated carbocycles. The lowest BCUT2D eigenvalue weighted by molar-refractivity contribution is 0.623. The highest BCUT2D eigenvalue weighted by molar-refractivity contribution is 5.27. The monoisotopic (exact) mass is 243 g/mol. The van der Waals surface area contributed by atoms with Crippen LogP contribution in [0, 0.1) is 12.7 Å². The van der Waals surface area contributed by atoms with Gasteiger partial charge in [-0.2, -0.15) is 0 Å². The van der Waals surface area contributed by atoms with Crippen molar-refractivity contribution >= 4 is 0 Å². The average Bonchev–Trinajstić information content (AvgIpc) is 2.39. The molecule has 0 fully saturated rings. The van der Waals surface area contributed by atoms with Gasteiger partial charge >= 0.3 is 0 Å². The second-order valence-electron chi connectivity index (χ2n) is 4.67. The minimum Gasteiger partial charge on any atom is -0.330 e. The smallest absolute Gasteiger partial charge is 0.123 e. The van der Waals surface area contributed by atoms with Crippen LogP contribution >= 0.6 is 0 Å². The molecule has 1 unspecified atom stereocenters. The van der Waals surface area contributed by atoms with Gasteiger partial charge < -0.3 is 5.73 Å². The zero-order chi connectivity index (χ0) is 13.0. The minimum atomic E-state index is -0.204. The second-order valence-corrected chi connectivity index (χ2v) is 4.67. The molecule has 0 heterocycles. The van der Waals surface area contributed by atoms with E-state index in [1.807, 2.05) is 12.1 Å². The Morgan fingerprint density at radius 1 is 1.00 bits per heavy atom. The second kappa shape index (κ2) is 5.78. The zero-order valence-electron chi connectivity index (χ0n) is 10.6. The summed E-state index contributed by atoms with van der Waals surface area (Å²) in [4.78, 5) is 0. The highest BCUT2D eigenvalue weighted by Crippen LogP contribution is 2.20. The van der Waals surface area contributed by atoms with E-state index in [1.165, 1.54) is 23.3 Å². The third kappa shape index (κ3) is 3.17. The van der Waals surface area contributed by atoms with Crippen molar-refractivity contribution in [1.82, 2.24) is 0 Å². The van der Waals surface area contributed by atoms with E-state index in [4.69, 9.17) is 5.73 Å². The maximum atomic E-state index is 12.9. The first-order valence-corrected chi connectivity index (χ1v) is 6.20. The van der Waals surface area contributed by atoms with Crippen LogP contribution in [0.4, 0.5) is 4.39 Å². The van der Waals surface area contributed by atoms with Gasteiger partial charge in [0.1, 0.15) is 5.82 Å². The van der Waals surface area contributed by atoms with Gasteiger partial charge in [0.05, 0.1) is 0 Å². The lowest BCUT2D eigenvalue weighted by atomic mass is 9.92. The first-order valence-electron chi connectivity index (χ1n) is 6.20. The number of nitrogens with two attached hydrogens (primary N) is 1. The number of benzene rings is 2. The molecule has 0 amide bonds. The van der Waals surface area contributed by atoms with Gasteiger partial charge in [-0.3, -0.25) is 0 Å². The Bertz CT molecular complexity index is 488. The number of halogens is 1. The standard InChI is InChI=1S/C16H18FN/c1-12-2-4-13(5-3-12)10-15(11-18)14-6-8-16(17)9-7-14/h2-9,15H,10-11,18H2,1H3. The molecule has 18 heavy (non-hydrogen) atoms. The van der Waals surface area contributed by atoms with E-state index in [9.17, 15) is 4.39 Å². The predicted octanol–water partition coefficient (Wildman–Crippen LogP) is 3.42. The average molecular weight is 243 g/mol. The summed E-state index contributed by atoms with van der Waals surface area (Å²) in [5.74, 6) is 0.0400. The van der Waals surface area contributed by atoms with Gasteiger partial charge in [-0.15, -0.1) is 0 Å². The Morgan fingerprint density at radius 3 is 2.17 bits per heavy atom. The summed E-state index contributed by atoms with van der Waals surface area (Å²) >= 11 is 0. The molecule has 0 aliphatic heterocycles. The van der Waals surface area contributed by atoms with E-state index in [0.717, 1.165) is 12.0 Å². The topological polar surface area (TPSA) is 26.0 Å². The number of aryl methyl sites for hydroxylation is 1. The molecule has 1 atom stereocenters. The Morgan fingerprint density at radius 2 is 1.61 bits per heavy atom. The maximum Gasteiger partial charge on any atom is 0.123 e. The van der Waals surface area contributed by atoms with Crippen molar-refractivity contribution in [3.63, 3.8) is 0 Å². The summed E-state index contributed by atoms with van der Waals surface area (Å²) in [6, 6.07) is 15.1. The molecule has 2 rings (SSSR count). The van der Waals surface area contributed by atoms with E-state index < -0.39 is 0 Å². The van der Waals surface area contributed by atoms with E-state index >= 15 is 0 Å². The largest absolute Gasteiger partial charge is 0.330 e. The minimum absolute atomic E-state index is 0.204. The van der Waals surface area contributed by atoms with Crippen molar-refractivity contribution in [1.29, 1.82) is 0 Å². The van der Waals surface area contributed by atoms with E-state index in [2.05, 4.69) is 31.2 Å². The molecule has 94 valence electrons. The molecule has 0 aliphatic rings. The first-order chi connectivity index (χ1) is 8.69. The Labute approximate surface area is 107 Å². The summed E-state index contributed by atoms with van der Waals surface area (Å²) in [6.07, 6.45) is 0.891. The van der Waals surface area contributed by atoms with Crippen LogP contribution in [0.5, 0.6) is 0 Å². The van der Waals surface area contributed by atoms with Gasteiger partial charge in [-0.1, -0.05) is 42.0 Å². The van der Waals surface area contributed by atoms with Crippen LogP contribution in [-0.4, -0.2) is 6.54 Å². The molecule has 0 aromatic heterocycles. The number of hydrogen-bond acceptors (Lipinski definition) is 1. The highest BCUT2D eigenvalue weighted by Gasteiger charge is 2.10. The van der Waals surface area contributed by atoms with Crippen LogP contribution in [0.3, 0.4) is 0 Å². The molecular weight excluding hydrogens is 225 g/mol. The van der Waals surface area contributed by atoms with Gasteiger partial charge in [0.25, 0.3) is 0 Å². The third-order valence-corrected chi connectivity index (χ3v) is 3.23. The fraction of sp³-hybridized carbons (Fsp3) is 0.250. The molecule has 0 spiro atoms. The van der Waals surface area contributed by atoms with Crippen LogP contribution in [0.1, 0.15) is 22.6 Å². The van der Waals surface area contributed by atoms with Crippen molar-refractivity contribution in [3.05, 3.63) is 71.0 Å². The third-order valence-electron chi connectivity index (χ3n) is 3.23. The molecule has 2 N–H and O–H groups in total. The Kier molecular flexibility index (Phi) is 4.11. The number of rotatable bonds is 4. The van der Waals surface area contributed by atoms with E-state index in [-0.39, 0.29) is 11.7 Å². The van der Waals surface area contributed by atoms with Gasteiger partial charge in [0.2, 0.25) is 0 Å². The van der Waals surface area contributed by atoms with Crippen LogP contribution in [0.15, 0.2) is 48.5 Å². The van der Waals surface area contributed by atoms with Crippen LogP contribution in [-0.2, 0) is 6.42 Å². The van der Waals surface area contributed by atoms with Crippen molar-refractivity contribution < 1.29 is 4.39 Å². The Hall–Kier alpha value is -1.67. The van der Waals surface area contributed by atoms with Crippen LogP contribution < -0.4 is 5.73 Å². The zero-order valence-corrected chi connectivity index (χ0v) is 10.6. The summed E-state index contributed by atoms with van der Waals surface area (Å²) in [6.45, 7) is 2.64. The van der Waals surface area contributed by atoms with Crippen LogP contribution in [0.25, 0.3) is 0 Å². The highest BCUT2D eigenvalue weighted by atomic mass is 19.1.